The molecule has 0 saturated carbocycles. The van der Waals surface area contributed by atoms with Crippen LogP contribution in [0.2, 0.25) is 0 Å². The van der Waals surface area contributed by atoms with E-state index < -0.39 is 0 Å². The normalized spacial score (nSPS) is 12.5. The molecule has 0 aliphatic heterocycles. The second-order valence-corrected chi connectivity index (χ2v) is 6.39. The maximum absolute atomic E-state index is 5.89. The molecule has 1 aromatic heterocycles. The number of benzene rings is 2. The van der Waals surface area contributed by atoms with Crippen LogP contribution >= 0.6 is 0 Å². The Kier molecular flexibility index (Phi) is 4.76. The van der Waals surface area contributed by atoms with E-state index in [4.69, 9.17) is 4.42 Å². The van der Waals surface area contributed by atoms with Crippen molar-refractivity contribution < 1.29 is 4.42 Å². The van der Waals surface area contributed by atoms with Gasteiger partial charge in [-0.25, -0.2) is 0 Å². The van der Waals surface area contributed by atoms with E-state index in [9.17, 15) is 0 Å². The minimum Gasteiger partial charge on any atom is -0.419 e. The second kappa shape index (κ2) is 6.97. The number of hydrogen-bond donors (Lipinski definition) is 0. The van der Waals surface area contributed by atoms with Gasteiger partial charge in [0.25, 0.3) is 0 Å². The fraction of sp³-hybridized carbons (Fsp3) is 0.300. The van der Waals surface area contributed by atoms with Crippen molar-refractivity contribution in [1.82, 2.24) is 15.1 Å². The van der Waals surface area contributed by atoms with Crippen molar-refractivity contribution in [3.63, 3.8) is 0 Å². The van der Waals surface area contributed by atoms with Crippen LogP contribution in [0.3, 0.4) is 0 Å². The first kappa shape index (κ1) is 16.4. The summed E-state index contributed by atoms with van der Waals surface area (Å²) in [7, 11) is 2.07. The molecular formula is C20H23N3O. The molecule has 4 heteroatoms. The molecule has 3 aromatic rings. The number of aromatic nitrogens is 2. The Bertz CT molecular complexity index is 791. The summed E-state index contributed by atoms with van der Waals surface area (Å²) in [5.74, 6) is 1.21. The molecule has 0 N–H and O–H groups in total. The largest absolute Gasteiger partial charge is 0.419 e. The maximum Gasteiger partial charge on any atom is 0.247 e. The topological polar surface area (TPSA) is 42.2 Å². The Balaban J connectivity index is 1.71. The van der Waals surface area contributed by atoms with Gasteiger partial charge in [-0.3, -0.25) is 4.90 Å². The van der Waals surface area contributed by atoms with Crippen molar-refractivity contribution in [1.29, 1.82) is 0 Å². The number of rotatable bonds is 5. The first-order valence-electron chi connectivity index (χ1n) is 8.19. The highest BCUT2D eigenvalue weighted by Crippen LogP contribution is 2.24. The number of hydrogen-bond acceptors (Lipinski definition) is 4. The molecule has 4 nitrogen and oxygen atoms in total. The van der Waals surface area contributed by atoms with Crippen molar-refractivity contribution >= 4 is 0 Å². The maximum atomic E-state index is 5.89. The van der Waals surface area contributed by atoms with Crippen molar-refractivity contribution in [2.24, 2.45) is 0 Å². The highest BCUT2D eigenvalue weighted by atomic mass is 16.4. The lowest BCUT2D eigenvalue weighted by Gasteiger charge is -2.21. The van der Waals surface area contributed by atoms with Gasteiger partial charge in [0.05, 0.1) is 6.04 Å². The third-order valence-corrected chi connectivity index (χ3v) is 4.31. The Morgan fingerprint density at radius 3 is 2.12 bits per heavy atom. The lowest BCUT2D eigenvalue weighted by Crippen LogP contribution is -2.22. The summed E-state index contributed by atoms with van der Waals surface area (Å²) in [6.45, 7) is 7.08. The molecule has 0 aliphatic carbocycles. The lowest BCUT2D eigenvalue weighted by molar-refractivity contribution is 0.218. The summed E-state index contributed by atoms with van der Waals surface area (Å²) < 4.78 is 5.89. The van der Waals surface area contributed by atoms with Crippen LogP contribution in [0.4, 0.5) is 0 Å². The monoisotopic (exact) mass is 321 g/mol. The molecular weight excluding hydrogens is 298 g/mol. The summed E-state index contributed by atoms with van der Waals surface area (Å²) in [6.07, 6.45) is 0. The van der Waals surface area contributed by atoms with Crippen LogP contribution in [0.25, 0.3) is 11.5 Å². The van der Waals surface area contributed by atoms with Crippen LogP contribution in [0.15, 0.2) is 52.9 Å². The SMILES string of the molecule is Cc1ccc(CN(C)C(C)c2nnc(-c3ccc(C)cc3)o2)cc1. The number of aryl methyl sites for hydroxylation is 2. The summed E-state index contributed by atoms with van der Waals surface area (Å²) in [5.41, 5.74) is 4.71. The molecule has 3 rings (SSSR count). The van der Waals surface area contributed by atoms with E-state index in [1.165, 1.54) is 16.7 Å². The van der Waals surface area contributed by atoms with Gasteiger partial charge < -0.3 is 4.42 Å². The smallest absolute Gasteiger partial charge is 0.247 e. The van der Waals surface area contributed by atoms with Crippen LogP contribution in [-0.2, 0) is 6.54 Å². The van der Waals surface area contributed by atoms with Gasteiger partial charge in [-0.05, 0) is 45.5 Å². The molecule has 0 fully saturated rings. The standard InChI is InChI=1S/C20H23N3O/c1-14-5-9-17(10-6-14)13-23(4)16(3)19-21-22-20(24-19)18-11-7-15(2)8-12-18/h5-12,16H,13H2,1-4H3. The fourth-order valence-corrected chi connectivity index (χ4v) is 2.52. The van der Waals surface area contributed by atoms with Crippen molar-refractivity contribution in [2.75, 3.05) is 7.05 Å². The minimum absolute atomic E-state index is 0.0537. The molecule has 0 radical (unpaired) electrons. The van der Waals surface area contributed by atoms with Gasteiger partial charge in [0.2, 0.25) is 11.8 Å². The van der Waals surface area contributed by atoms with Gasteiger partial charge in [-0.2, -0.15) is 0 Å². The van der Waals surface area contributed by atoms with Crippen LogP contribution in [0.5, 0.6) is 0 Å². The molecule has 0 bridgehead atoms. The highest BCUT2D eigenvalue weighted by molar-refractivity contribution is 5.52. The summed E-state index contributed by atoms with van der Waals surface area (Å²) in [5, 5.41) is 8.43. The Morgan fingerprint density at radius 1 is 0.917 bits per heavy atom. The van der Waals surface area contributed by atoms with Crippen LogP contribution in [-0.4, -0.2) is 22.1 Å². The fourth-order valence-electron chi connectivity index (χ4n) is 2.52. The summed E-state index contributed by atoms with van der Waals surface area (Å²) in [4.78, 5) is 2.21. The minimum atomic E-state index is 0.0537. The molecule has 1 unspecified atom stereocenters. The third-order valence-electron chi connectivity index (χ3n) is 4.31. The molecule has 1 atom stereocenters. The van der Waals surface area contributed by atoms with Gasteiger partial charge in [0.15, 0.2) is 0 Å². The van der Waals surface area contributed by atoms with Gasteiger partial charge in [0.1, 0.15) is 0 Å². The first-order valence-corrected chi connectivity index (χ1v) is 8.19. The van der Waals surface area contributed by atoms with E-state index in [2.05, 4.69) is 67.2 Å². The molecule has 124 valence electrons. The Hall–Kier alpha value is -2.46. The van der Waals surface area contributed by atoms with E-state index in [0.717, 1.165) is 12.1 Å². The predicted octanol–water partition coefficient (Wildman–Crippen LogP) is 4.55. The summed E-state index contributed by atoms with van der Waals surface area (Å²) >= 11 is 0. The van der Waals surface area contributed by atoms with E-state index in [1.807, 2.05) is 24.3 Å². The quantitative estimate of drug-likeness (QED) is 0.691. The van der Waals surface area contributed by atoms with Gasteiger partial charge >= 0.3 is 0 Å². The van der Waals surface area contributed by atoms with Gasteiger partial charge in [-0.1, -0.05) is 47.5 Å². The second-order valence-electron chi connectivity index (χ2n) is 6.39. The van der Waals surface area contributed by atoms with Crippen LogP contribution in [0, 0.1) is 13.8 Å². The third kappa shape index (κ3) is 3.71. The molecule has 24 heavy (non-hydrogen) atoms. The molecule has 2 aromatic carbocycles. The predicted molar refractivity (Wildman–Crippen MR) is 95.5 cm³/mol. The first-order chi connectivity index (χ1) is 11.5. The van der Waals surface area contributed by atoms with Crippen molar-refractivity contribution in [3.05, 3.63) is 71.1 Å². The van der Waals surface area contributed by atoms with Crippen LogP contribution in [0.1, 0.15) is 35.5 Å². The molecule has 0 aliphatic rings. The van der Waals surface area contributed by atoms with Crippen LogP contribution < -0.4 is 0 Å². The van der Waals surface area contributed by atoms with E-state index in [0.29, 0.717) is 11.8 Å². The molecule has 0 saturated heterocycles. The lowest BCUT2D eigenvalue weighted by atomic mass is 10.1. The highest BCUT2D eigenvalue weighted by Gasteiger charge is 2.19. The van der Waals surface area contributed by atoms with Crippen molar-refractivity contribution in [2.45, 2.75) is 33.4 Å². The Labute approximate surface area is 143 Å². The zero-order valence-corrected chi connectivity index (χ0v) is 14.7. The number of nitrogens with zero attached hydrogens (tertiary/aromatic N) is 3. The van der Waals surface area contributed by atoms with E-state index in [1.54, 1.807) is 0 Å². The summed E-state index contributed by atoms with van der Waals surface area (Å²) in [6, 6.07) is 16.7. The zero-order valence-electron chi connectivity index (χ0n) is 14.7. The Morgan fingerprint density at radius 2 is 1.50 bits per heavy atom. The molecule has 0 amide bonds. The molecule has 1 heterocycles. The van der Waals surface area contributed by atoms with Gasteiger partial charge in [-0.15, -0.1) is 10.2 Å². The van der Waals surface area contributed by atoms with E-state index >= 15 is 0 Å². The van der Waals surface area contributed by atoms with E-state index in [-0.39, 0.29) is 6.04 Å². The van der Waals surface area contributed by atoms with Crippen molar-refractivity contribution in [3.8, 4) is 11.5 Å². The molecule has 0 spiro atoms. The average Bonchev–Trinajstić information content (AvgIpc) is 3.07. The average molecular weight is 321 g/mol. The van der Waals surface area contributed by atoms with Gasteiger partial charge in [0, 0.05) is 12.1 Å². The zero-order chi connectivity index (χ0) is 17.1.